The smallest absolute Gasteiger partial charge is 0.319 e. The molecule has 1 unspecified atom stereocenters. The van der Waals surface area contributed by atoms with Crippen LogP contribution in [-0.4, -0.2) is 41.4 Å². The highest BCUT2D eigenvalue weighted by Crippen LogP contribution is 2.35. The minimum atomic E-state index is -0.229. The molecule has 1 fully saturated rings. The second kappa shape index (κ2) is 9.67. The number of anilines is 1. The third kappa shape index (κ3) is 6.24. The first-order valence-electron chi connectivity index (χ1n) is 9.88. The Hall–Kier alpha value is -1.99. The highest BCUT2D eigenvalue weighted by atomic mass is 32.2. The molecule has 1 atom stereocenters. The number of amides is 3. The summed E-state index contributed by atoms with van der Waals surface area (Å²) in [6.07, 6.45) is 0.404. The molecule has 2 aromatic rings. The number of thioether (sulfide) groups is 1. The lowest BCUT2D eigenvalue weighted by molar-refractivity contribution is -0.130. The Morgan fingerprint density at radius 3 is 2.38 bits per heavy atom. The molecule has 1 aliphatic rings. The zero-order valence-electron chi connectivity index (χ0n) is 17.2. The van der Waals surface area contributed by atoms with Gasteiger partial charge in [0.2, 0.25) is 5.91 Å². The van der Waals surface area contributed by atoms with E-state index in [4.69, 9.17) is 0 Å². The standard InChI is InChI=1S/C22H29N3O2S2/c1-22(2,3)20(18-5-4-12-29-18)24-21(27)23-17-8-6-16(7-9-17)15-19(26)25-10-13-28-14-11-25/h4-9,12,20H,10-11,13-15H2,1-3H3,(H2,23,24,27). The van der Waals surface area contributed by atoms with E-state index in [0.29, 0.717) is 12.1 Å². The summed E-state index contributed by atoms with van der Waals surface area (Å²) in [6, 6.07) is 11.3. The first-order chi connectivity index (χ1) is 13.8. The summed E-state index contributed by atoms with van der Waals surface area (Å²) in [7, 11) is 0. The van der Waals surface area contributed by atoms with Crippen molar-refractivity contribution in [2.75, 3.05) is 29.9 Å². The van der Waals surface area contributed by atoms with Gasteiger partial charge in [0.25, 0.3) is 0 Å². The average Bonchev–Trinajstić information content (AvgIpc) is 3.21. The van der Waals surface area contributed by atoms with Crippen molar-refractivity contribution < 1.29 is 9.59 Å². The van der Waals surface area contributed by atoms with Crippen LogP contribution in [0.3, 0.4) is 0 Å². The van der Waals surface area contributed by atoms with Gasteiger partial charge in [0.05, 0.1) is 12.5 Å². The van der Waals surface area contributed by atoms with Crippen molar-refractivity contribution in [3.63, 3.8) is 0 Å². The number of nitrogens with zero attached hydrogens (tertiary/aromatic N) is 1. The number of carbonyl (C=O) groups is 2. The molecule has 5 nitrogen and oxygen atoms in total. The van der Waals surface area contributed by atoms with E-state index in [9.17, 15) is 9.59 Å². The molecule has 1 aromatic heterocycles. The lowest BCUT2D eigenvalue weighted by atomic mass is 9.86. The third-order valence-electron chi connectivity index (χ3n) is 4.90. The Balaban J connectivity index is 1.56. The minimum absolute atomic E-state index is 0.0675. The quantitative estimate of drug-likeness (QED) is 0.716. The monoisotopic (exact) mass is 431 g/mol. The summed E-state index contributed by atoms with van der Waals surface area (Å²) in [5, 5.41) is 8.03. The Bertz CT molecular complexity index is 808. The van der Waals surface area contributed by atoms with Crippen LogP contribution in [0.25, 0.3) is 0 Å². The average molecular weight is 432 g/mol. The molecule has 0 aliphatic carbocycles. The summed E-state index contributed by atoms with van der Waals surface area (Å²) < 4.78 is 0. The highest BCUT2D eigenvalue weighted by Gasteiger charge is 2.28. The summed E-state index contributed by atoms with van der Waals surface area (Å²) >= 11 is 3.54. The molecule has 0 spiro atoms. The number of thiophene rings is 1. The molecule has 29 heavy (non-hydrogen) atoms. The molecule has 3 rings (SSSR count). The fraction of sp³-hybridized carbons (Fsp3) is 0.455. The van der Waals surface area contributed by atoms with Gasteiger partial charge in [-0.1, -0.05) is 39.0 Å². The van der Waals surface area contributed by atoms with Crippen molar-refractivity contribution in [1.29, 1.82) is 0 Å². The Labute approximate surface area is 181 Å². The van der Waals surface area contributed by atoms with Crippen LogP contribution in [0.1, 0.15) is 37.3 Å². The SMILES string of the molecule is CC(C)(C)C(NC(=O)Nc1ccc(CC(=O)N2CCSCC2)cc1)c1cccs1. The third-order valence-corrected chi connectivity index (χ3v) is 6.78. The second-order valence-electron chi connectivity index (χ2n) is 8.28. The first kappa shape index (κ1) is 21.7. The topological polar surface area (TPSA) is 61.4 Å². The molecular formula is C22H29N3O2S2. The largest absolute Gasteiger partial charge is 0.341 e. The Morgan fingerprint density at radius 1 is 1.10 bits per heavy atom. The lowest BCUT2D eigenvalue weighted by Gasteiger charge is -2.30. The number of hydrogen-bond acceptors (Lipinski definition) is 4. The van der Waals surface area contributed by atoms with Crippen molar-refractivity contribution >= 4 is 40.7 Å². The molecule has 156 valence electrons. The molecule has 3 amide bonds. The molecule has 0 bridgehead atoms. The van der Waals surface area contributed by atoms with Crippen molar-refractivity contribution in [3.05, 3.63) is 52.2 Å². The molecule has 2 heterocycles. The van der Waals surface area contributed by atoms with E-state index < -0.39 is 0 Å². The van der Waals surface area contributed by atoms with E-state index in [-0.39, 0.29) is 23.4 Å². The van der Waals surface area contributed by atoms with Crippen LogP contribution in [0, 0.1) is 5.41 Å². The van der Waals surface area contributed by atoms with Gasteiger partial charge in [-0.05, 0) is 34.6 Å². The summed E-state index contributed by atoms with van der Waals surface area (Å²) in [5.74, 6) is 2.21. The molecule has 1 aliphatic heterocycles. The van der Waals surface area contributed by atoms with Crippen LogP contribution < -0.4 is 10.6 Å². The Morgan fingerprint density at radius 2 is 1.79 bits per heavy atom. The van der Waals surface area contributed by atoms with E-state index in [1.807, 2.05) is 58.4 Å². The zero-order valence-corrected chi connectivity index (χ0v) is 18.9. The maximum Gasteiger partial charge on any atom is 0.319 e. The predicted octanol–water partition coefficient (Wildman–Crippen LogP) is 4.77. The van der Waals surface area contributed by atoms with Gasteiger partial charge in [0.15, 0.2) is 0 Å². The number of benzene rings is 1. The summed E-state index contributed by atoms with van der Waals surface area (Å²) in [6.45, 7) is 8.02. The molecular weight excluding hydrogens is 402 g/mol. The molecule has 1 aromatic carbocycles. The Kier molecular flexibility index (Phi) is 7.24. The minimum Gasteiger partial charge on any atom is -0.341 e. The van der Waals surface area contributed by atoms with E-state index in [1.165, 1.54) is 0 Å². The van der Waals surface area contributed by atoms with Gasteiger partial charge in [-0.2, -0.15) is 11.8 Å². The number of hydrogen-bond donors (Lipinski definition) is 2. The van der Waals surface area contributed by atoms with Gasteiger partial charge in [-0.15, -0.1) is 11.3 Å². The normalized spacial score (nSPS) is 15.6. The maximum atomic E-state index is 12.6. The van der Waals surface area contributed by atoms with Gasteiger partial charge in [-0.25, -0.2) is 4.79 Å². The number of carbonyl (C=O) groups excluding carboxylic acids is 2. The maximum absolute atomic E-state index is 12.6. The van der Waals surface area contributed by atoms with Crippen LogP contribution in [0.5, 0.6) is 0 Å². The van der Waals surface area contributed by atoms with Gasteiger partial charge < -0.3 is 15.5 Å². The van der Waals surface area contributed by atoms with Crippen molar-refractivity contribution in [2.45, 2.75) is 33.2 Å². The molecule has 0 saturated carbocycles. The van der Waals surface area contributed by atoms with E-state index >= 15 is 0 Å². The van der Waals surface area contributed by atoms with Gasteiger partial charge in [0, 0.05) is 35.2 Å². The lowest BCUT2D eigenvalue weighted by Crippen LogP contribution is -2.39. The van der Waals surface area contributed by atoms with Crippen LogP contribution in [0.15, 0.2) is 41.8 Å². The van der Waals surface area contributed by atoms with E-state index in [1.54, 1.807) is 11.3 Å². The van der Waals surface area contributed by atoms with E-state index in [2.05, 4.69) is 31.4 Å². The molecule has 0 radical (unpaired) electrons. The highest BCUT2D eigenvalue weighted by molar-refractivity contribution is 7.99. The predicted molar refractivity (Wildman–Crippen MR) is 123 cm³/mol. The molecule has 2 N–H and O–H groups in total. The van der Waals surface area contributed by atoms with Gasteiger partial charge in [-0.3, -0.25) is 4.79 Å². The van der Waals surface area contributed by atoms with Crippen LogP contribution in [-0.2, 0) is 11.2 Å². The van der Waals surface area contributed by atoms with Crippen LogP contribution in [0.2, 0.25) is 0 Å². The number of nitrogens with one attached hydrogen (secondary N) is 2. The summed E-state index contributed by atoms with van der Waals surface area (Å²) in [5.41, 5.74) is 1.58. The van der Waals surface area contributed by atoms with E-state index in [0.717, 1.165) is 35.0 Å². The van der Waals surface area contributed by atoms with Crippen molar-refractivity contribution in [1.82, 2.24) is 10.2 Å². The second-order valence-corrected chi connectivity index (χ2v) is 10.5. The van der Waals surface area contributed by atoms with Crippen LogP contribution >= 0.6 is 23.1 Å². The van der Waals surface area contributed by atoms with Gasteiger partial charge in [0.1, 0.15) is 0 Å². The van der Waals surface area contributed by atoms with Gasteiger partial charge >= 0.3 is 6.03 Å². The van der Waals surface area contributed by atoms with Crippen LogP contribution in [0.4, 0.5) is 10.5 Å². The van der Waals surface area contributed by atoms with Crippen molar-refractivity contribution in [2.24, 2.45) is 5.41 Å². The van der Waals surface area contributed by atoms with Crippen molar-refractivity contribution in [3.8, 4) is 0 Å². The fourth-order valence-electron chi connectivity index (χ4n) is 3.27. The number of rotatable bonds is 5. The summed E-state index contributed by atoms with van der Waals surface area (Å²) in [4.78, 5) is 28.0. The molecule has 1 saturated heterocycles. The first-order valence-corrected chi connectivity index (χ1v) is 11.9. The zero-order chi connectivity index (χ0) is 20.9. The number of urea groups is 1. The fourth-order valence-corrected chi connectivity index (χ4v) is 5.20. The molecule has 7 heteroatoms.